The summed E-state index contributed by atoms with van der Waals surface area (Å²) in [4.78, 5) is 69.6. The fraction of sp³-hybridized carbons (Fsp3) is 0.429. The number of carbonyl (C=O) groups is 6. The van der Waals surface area contributed by atoms with Crippen molar-refractivity contribution in [3.8, 4) is 0 Å². The molecule has 70 heavy (non-hydrogen) atoms. The summed E-state index contributed by atoms with van der Waals surface area (Å²) < 4.78 is 21.4. The van der Waals surface area contributed by atoms with E-state index in [1.807, 2.05) is 95.7 Å². The van der Waals surface area contributed by atoms with Crippen LogP contribution in [0.3, 0.4) is 0 Å². The van der Waals surface area contributed by atoms with Crippen molar-refractivity contribution in [3.05, 3.63) is 125 Å². The molecule has 0 saturated carbocycles. The first kappa shape index (κ1) is 56.9. The highest BCUT2D eigenvalue weighted by Crippen LogP contribution is 2.33. The summed E-state index contributed by atoms with van der Waals surface area (Å²) in [6, 6.07) is 29.7. The zero-order valence-electron chi connectivity index (χ0n) is 39.1. The van der Waals surface area contributed by atoms with Crippen LogP contribution in [0.25, 0.3) is 0 Å². The maximum absolute atomic E-state index is 12.4. The summed E-state index contributed by atoms with van der Waals surface area (Å²) in [5.41, 5.74) is 3.53. The maximum atomic E-state index is 12.4. The van der Waals surface area contributed by atoms with Gasteiger partial charge < -0.3 is 55.0 Å². The number of alkyl carbamates (subject to hydrolysis) is 1. The SMILES string of the molecule is C.CC(=O)C[C@@H]1CC(c2ccccc2)[C@H](NC(=O)Cc2ccsc2)B(O)O1.CC(=O)C[C@@H]1CC[C@H](NC(=O)Nc2ccccc2)B(O)O1.CC(=O)C[C@@H]1CC[C@H](NC(=O)OCc2ccccc2)B(O)O1. The average Bonchev–Trinajstić information content (AvgIpc) is 3.82. The summed E-state index contributed by atoms with van der Waals surface area (Å²) >= 11 is 1.55. The largest absolute Gasteiger partial charge is 0.479 e. The van der Waals surface area contributed by atoms with Gasteiger partial charge in [-0.15, -0.1) is 0 Å². The van der Waals surface area contributed by atoms with E-state index in [1.54, 1.807) is 23.5 Å². The Hall–Kier alpha value is -5.67. The van der Waals surface area contributed by atoms with Crippen molar-refractivity contribution < 1.29 is 62.5 Å². The molecule has 1 aromatic heterocycles. The number of hydrogen-bond acceptors (Lipinski definition) is 14. The van der Waals surface area contributed by atoms with Crippen molar-refractivity contribution in [2.24, 2.45) is 0 Å². The molecule has 4 amide bonds. The molecule has 3 aliphatic heterocycles. The molecule has 0 radical (unpaired) electrons. The highest BCUT2D eigenvalue weighted by atomic mass is 32.1. The second-order valence-corrected chi connectivity index (χ2v) is 18.1. The normalized spacial score (nSPS) is 21.7. The lowest BCUT2D eigenvalue weighted by Crippen LogP contribution is -2.57. The van der Waals surface area contributed by atoms with Crippen LogP contribution in [-0.4, -0.2) is 108 Å². The smallest absolute Gasteiger partial charge is 0.445 e. The number of amides is 4. The van der Waals surface area contributed by atoms with Gasteiger partial charge in [-0.1, -0.05) is 86.3 Å². The Morgan fingerprint density at radius 3 is 1.67 bits per heavy atom. The molecule has 3 fully saturated rings. The lowest BCUT2D eigenvalue weighted by molar-refractivity contribution is -0.122. The Kier molecular flexibility index (Phi) is 24.0. The molecule has 1 unspecified atom stereocenters. The Bertz CT molecular complexity index is 2240. The lowest BCUT2D eigenvalue weighted by Gasteiger charge is -2.38. The number of anilines is 1. The first-order valence-electron chi connectivity index (χ1n) is 23.1. The van der Waals surface area contributed by atoms with Crippen LogP contribution in [0, 0.1) is 0 Å². The van der Waals surface area contributed by atoms with Gasteiger partial charge in [0.15, 0.2) is 0 Å². The van der Waals surface area contributed by atoms with Crippen molar-refractivity contribution in [1.82, 2.24) is 16.0 Å². The van der Waals surface area contributed by atoms with Gasteiger partial charge in [0.1, 0.15) is 24.0 Å². The number of ether oxygens (including phenoxy) is 1. The van der Waals surface area contributed by atoms with Crippen molar-refractivity contribution in [2.45, 2.75) is 135 Å². The molecule has 0 bridgehead atoms. The van der Waals surface area contributed by atoms with Gasteiger partial charge in [0, 0.05) is 43.1 Å². The Morgan fingerprint density at radius 2 is 1.14 bits per heavy atom. The number of para-hydroxylation sites is 1. The number of nitrogens with one attached hydrogen (secondary N) is 4. The van der Waals surface area contributed by atoms with Crippen molar-refractivity contribution in [1.29, 1.82) is 0 Å². The molecule has 7 rings (SSSR count). The molecule has 4 aromatic rings. The fourth-order valence-electron chi connectivity index (χ4n) is 8.19. The van der Waals surface area contributed by atoms with E-state index in [9.17, 15) is 43.8 Å². The number of hydrogen-bond donors (Lipinski definition) is 7. The van der Waals surface area contributed by atoms with Crippen LogP contribution in [0.4, 0.5) is 15.3 Å². The number of thiophene rings is 1. The van der Waals surface area contributed by atoms with Crippen LogP contribution in [0.2, 0.25) is 0 Å². The molecule has 0 aliphatic carbocycles. The van der Waals surface area contributed by atoms with Crippen LogP contribution in [0.5, 0.6) is 0 Å². The average molecular weight is 983 g/mol. The zero-order valence-corrected chi connectivity index (χ0v) is 39.9. The molecule has 3 aromatic carbocycles. The summed E-state index contributed by atoms with van der Waals surface area (Å²) in [7, 11) is -3.36. The minimum Gasteiger partial charge on any atom is -0.445 e. The van der Waals surface area contributed by atoms with Gasteiger partial charge in [0.05, 0.1) is 30.3 Å². The topological polar surface area (TPSA) is 248 Å². The highest BCUT2D eigenvalue weighted by Gasteiger charge is 2.44. The van der Waals surface area contributed by atoms with E-state index in [4.69, 9.17) is 18.7 Å². The molecule has 0 spiro atoms. The number of ketones is 3. The van der Waals surface area contributed by atoms with Gasteiger partial charge in [-0.3, -0.25) is 19.2 Å². The van der Waals surface area contributed by atoms with Crippen LogP contribution in [0.15, 0.2) is 108 Å². The second-order valence-electron chi connectivity index (χ2n) is 17.4. The van der Waals surface area contributed by atoms with Crippen LogP contribution in [-0.2, 0) is 50.9 Å². The molecular formula is C49H65B3N4O13S. The van der Waals surface area contributed by atoms with Crippen LogP contribution >= 0.6 is 11.3 Å². The summed E-state index contributed by atoms with van der Waals surface area (Å²) in [5, 5.41) is 45.0. The fourth-order valence-corrected chi connectivity index (χ4v) is 8.86. The van der Waals surface area contributed by atoms with Crippen molar-refractivity contribution in [2.75, 3.05) is 5.32 Å². The van der Waals surface area contributed by atoms with E-state index in [-0.39, 0.29) is 86.8 Å². The van der Waals surface area contributed by atoms with Gasteiger partial charge in [0.25, 0.3) is 0 Å². The number of urea groups is 1. The molecule has 17 nitrogen and oxygen atoms in total. The van der Waals surface area contributed by atoms with Gasteiger partial charge >= 0.3 is 33.5 Å². The third kappa shape index (κ3) is 20.0. The standard InChI is InChI=1S/C19H22BNO4S.C15H20BNO5.C14H19BN2O4.CH4/c1-13(22)9-16-11-17(15-5-3-2-4-6-15)19(20(24)25-16)21-18(23)10-14-7-8-26-12-14;1-11(18)9-13-7-8-14(16(20)22-13)17-15(19)21-10-12-5-3-2-4-6-12;1-10(18)9-12-7-8-13(15(20)21-12)17-14(19)16-11-5-3-2-4-6-11;/h2-8,12,16-17,19,24H,9-11H2,1H3,(H,21,23);2-6,13-14,20H,7-10H2,1H3,(H,17,19);2-6,12-13,20H,7-9H2,1H3,(H2,16,17,19);1H4/t16-,17?,19+;13-,14-;12-,13-;/m100./s1. The Morgan fingerprint density at radius 1 is 0.629 bits per heavy atom. The van der Waals surface area contributed by atoms with Gasteiger partial charge in [0.2, 0.25) is 5.91 Å². The molecule has 21 heteroatoms. The van der Waals surface area contributed by atoms with Gasteiger partial charge in [-0.05, 0) is 98.5 Å². The molecular weight excluding hydrogens is 917 g/mol. The second kappa shape index (κ2) is 29.5. The number of benzene rings is 3. The monoisotopic (exact) mass is 982 g/mol. The number of carbonyl (C=O) groups excluding carboxylic acids is 6. The quantitative estimate of drug-likeness (QED) is 0.0698. The van der Waals surface area contributed by atoms with Crippen LogP contribution in [0.1, 0.15) is 102 Å². The van der Waals surface area contributed by atoms with E-state index in [2.05, 4.69) is 21.3 Å². The lowest BCUT2D eigenvalue weighted by atomic mass is 9.64. The predicted octanol–water partition coefficient (Wildman–Crippen LogP) is 5.80. The number of Topliss-reactive ketones (excluding diaryl/α,β-unsaturated/α-hetero) is 3. The van der Waals surface area contributed by atoms with E-state index in [1.165, 1.54) is 20.8 Å². The van der Waals surface area contributed by atoms with Crippen molar-refractivity contribution in [3.63, 3.8) is 0 Å². The van der Waals surface area contributed by atoms with E-state index < -0.39 is 45.3 Å². The molecule has 4 heterocycles. The van der Waals surface area contributed by atoms with E-state index in [0.29, 0.717) is 44.2 Å². The number of rotatable bonds is 15. The van der Waals surface area contributed by atoms with E-state index in [0.717, 1.165) is 16.7 Å². The van der Waals surface area contributed by atoms with Crippen molar-refractivity contribution >= 4 is 73.8 Å². The summed E-state index contributed by atoms with van der Waals surface area (Å²) in [5.74, 6) is -1.74. The van der Waals surface area contributed by atoms with Gasteiger partial charge in [-0.25, -0.2) is 9.59 Å². The first-order valence-corrected chi connectivity index (χ1v) is 24.0. The Balaban J connectivity index is 0.000000228. The molecule has 3 saturated heterocycles. The molecule has 7 N–H and O–H groups in total. The third-order valence-corrected chi connectivity index (χ3v) is 12.2. The molecule has 374 valence electrons. The Labute approximate surface area is 415 Å². The maximum Gasteiger partial charge on any atom is 0.479 e. The predicted molar refractivity (Wildman–Crippen MR) is 269 cm³/mol. The molecule has 7 atom stereocenters. The summed E-state index contributed by atoms with van der Waals surface area (Å²) in [6.45, 7) is 4.67. The highest BCUT2D eigenvalue weighted by molar-refractivity contribution is 7.08. The molecule has 3 aliphatic rings. The summed E-state index contributed by atoms with van der Waals surface area (Å²) in [6.07, 6.45) is 2.53. The minimum absolute atomic E-state index is 0. The minimum atomic E-state index is -1.15. The third-order valence-electron chi connectivity index (χ3n) is 11.5. The van der Waals surface area contributed by atoms with Gasteiger partial charge in [-0.2, -0.15) is 11.3 Å². The van der Waals surface area contributed by atoms with E-state index >= 15 is 0 Å². The van der Waals surface area contributed by atoms with Crippen LogP contribution < -0.4 is 21.3 Å². The first-order chi connectivity index (χ1) is 33.1. The zero-order chi connectivity index (χ0) is 49.7.